The number of ether oxygens (including phenoxy) is 1. The van der Waals surface area contributed by atoms with Crippen molar-refractivity contribution in [2.24, 2.45) is 0 Å². The molecule has 2 rings (SSSR count). The number of carbonyl (C=O) groups excluding carboxylic acids is 1. The number of carbonyl (C=O) groups is 2. The second-order valence-corrected chi connectivity index (χ2v) is 4.87. The maximum atomic E-state index is 12.1. The zero-order valence-corrected chi connectivity index (χ0v) is 13.1. The number of non-ortho nitro benzene ring substituents is 1. The van der Waals surface area contributed by atoms with Crippen molar-refractivity contribution in [3.05, 3.63) is 75.5 Å². The summed E-state index contributed by atoms with van der Waals surface area (Å²) >= 11 is 0. The van der Waals surface area contributed by atoms with Crippen LogP contribution in [0.1, 0.15) is 15.9 Å². The van der Waals surface area contributed by atoms with Gasteiger partial charge >= 0.3 is 5.97 Å². The average Bonchev–Trinajstić information content (AvgIpc) is 2.61. The summed E-state index contributed by atoms with van der Waals surface area (Å²) < 4.78 is 5.08. The number of methoxy groups -OCH3 is 1. The third-order valence-electron chi connectivity index (χ3n) is 3.24. The molecule has 0 spiro atoms. The molecular formula is C17H14N2O6. The predicted octanol–water partition coefficient (Wildman–Crippen LogP) is 2.46. The molecule has 0 saturated heterocycles. The average molecular weight is 342 g/mol. The number of hydrogen-bond acceptors (Lipinski definition) is 5. The molecule has 2 aromatic carbocycles. The molecule has 2 aromatic rings. The van der Waals surface area contributed by atoms with Crippen LogP contribution in [0.4, 0.5) is 5.69 Å². The molecule has 8 nitrogen and oxygen atoms in total. The predicted molar refractivity (Wildman–Crippen MR) is 89.2 cm³/mol. The lowest BCUT2D eigenvalue weighted by Gasteiger charge is -2.08. The van der Waals surface area contributed by atoms with E-state index in [1.807, 2.05) is 0 Å². The van der Waals surface area contributed by atoms with Gasteiger partial charge < -0.3 is 15.2 Å². The molecule has 0 aliphatic heterocycles. The smallest absolute Gasteiger partial charge is 0.352 e. The van der Waals surface area contributed by atoms with E-state index in [1.165, 1.54) is 31.4 Å². The normalized spacial score (nSPS) is 10.8. The summed E-state index contributed by atoms with van der Waals surface area (Å²) in [5, 5.41) is 22.5. The molecule has 25 heavy (non-hydrogen) atoms. The van der Waals surface area contributed by atoms with Gasteiger partial charge in [-0.1, -0.05) is 18.2 Å². The molecule has 2 N–H and O–H groups in total. The first-order valence-electron chi connectivity index (χ1n) is 7.06. The maximum Gasteiger partial charge on any atom is 0.352 e. The van der Waals surface area contributed by atoms with Crippen molar-refractivity contribution in [3.63, 3.8) is 0 Å². The third kappa shape index (κ3) is 4.41. The van der Waals surface area contributed by atoms with Crippen LogP contribution >= 0.6 is 0 Å². The zero-order chi connectivity index (χ0) is 18.4. The summed E-state index contributed by atoms with van der Waals surface area (Å²) in [6.07, 6.45) is 1.11. The molecule has 1 amide bonds. The lowest BCUT2D eigenvalue weighted by atomic mass is 10.1. The van der Waals surface area contributed by atoms with Gasteiger partial charge in [0.1, 0.15) is 11.4 Å². The number of nitro groups is 1. The minimum Gasteiger partial charge on any atom is -0.496 e. The van der Waals surface area contributed by atoms with Crippen molar-refractivity contribution in [1.82, 2.24) is 5.32 Å². The summed E-state index contributed by atoms with van der Waals surface area (Å²) in [6.45, 7) is 0. The molecule has 0 saturated carbocycles. The van der Waals surface area contributed by atoms with E-state index in [1.54, 1.807) is 18.2 Å². The topological polar surface area (TPSA) is 119 Å². The van der Waals surface area contributed by atoms with Crippen LogP contribution in [0.2, 0.25) is 0 Å². The monoisotopic (exact) mass is 342 g/mol. The highest BCUT2D eigenvalue weighted by atomic mass is 16.6. The molecule has 0 fully saturated rings. The number of nitrogens with one attached hydrogen (secondary N) is 1. The minimum atomic E-state index is -1.39. The molecule has 0 aliphatic carbocycles. The number of nitro benzene ring substituents is 1. The molecule has 8 heteroatoms. The second-order valence-electron chi connectivity index (χ2n) is 4.87. The molecule has 128 valence electrons. The van der Waals surface area contributed by atoms with Crippen LogP contribution in [0.25, 0.3) is 6.08 Å². The molecule has 0 heterocycles. The van der Waals surface area contributed by atoms with E-state index in [9.17, 15) is 24.8 Å². The van der Waals surface area contributed by atoms with Crippen LogP contribution in [0.5, 0.6) is 5.75 Å². The standard InChI is InChI=1S/C17H14N2O6/c1-25-15-8-7-13(19(23)24)9-12(15)10-14(17(21)22)18-16(20)11-5-3-2-4-6-11/h2-10H,1H3,(H,18,20)(H,21,22). The highest BCUT2D eigenvalue weighted by Gasteiger charge is 2.16. The van der Waals surface area contributed by atoms with E-state index < -0.39 is 22.5 Å². The summed E-state index contributed by atoms with van der Waals surface area (Å²) in [4.78, 5) is 33.8. The number of benzene rings is 2. The lowest BCUT2D eigenvalue weighted by molar-refractivity contribution is -0.384. The van der Waals surface area contributed by atoms with Gasteiger partial charge in [0.15, 0.2) is 0 Å². The summed E-state index contributed by atoms with van der Waals surface area (Å²) in [5.74, 6) is -1.77. The number of rotatable bonds is 6. The molecule has 0 unspecified atom stereocenters. The molecule has 0 aliphatic rings. The van der Waals surface area contributed by atoms with Gasteiger partial charge in [-0.2, -0.15) is 0 Å². The van der Waals surface area contributed by atoms with E-state index in [2.05, 4.69) is 5.32 Å². The Balaban J connectivity index is 2.40. The van der Waals surface area contributed by atoms with Gasteiger partial charge in [0.25, 0.3) is 11.6 Å². The van der Waals surface area contributed by atoms with E-state index in [4.69, 9.17) is 4.74 Å². The van der Waals surface area contributed by atoms with Crippen LogP contribution in [0.15, 0.2) is 54.2 Å². The SMILES string of the molecule is COc1ccc([N+](=O)[O-])cc1C=C(NC(=O)c1ccccc1)C(=O)O. The Kier molecular flexibility index (Phi) is 5.47. The van der Waals surface area contributed by atoms with Crippen LogP contribution in [0, 0.1) is 10.1 Å². The highest BCUT2D eigenvalue weighted by molar-refractivity contribution is 6.02. The Morgan fingerprint density at radius 1 is 1.20 bits per heavy atom. The van der Waals surface area contributed by atoms with Crippen molar-refractivity contribution in [1.29, 1.82) is 0 Å². The third-order valence-corrected chi connectivity index (χ3v) is 3.24. The first-order chi connectivity index (χ1) is 11.9. The number of carboxylic acids is 1. The number of aliphatic carboxylic acids is 1. The van der Waals surface area contributed by atoms with Crippen LogP contribution in [0.3, 0.4) is 0 Å². The number of hydrogen-bond donors (Lipinski definition) is 2. The number of amides is 1. The van der Waals surface area contributed by atoms with Crippen molar-refractivity contribution >= 4 is 23.6 Å². The molecule has 0 radical (unpaired) electrons. The largest absolute Gasteiger partial charge is 0.496 e. The van der Waals surface area contributed by atoms with Crippen molar-refractivity contribution in [3.8, 4) is 5.75 Å². The summed E-state index contributed by atoms with van der Waals surface area (Å²) in [5.41, 5.74) is -0.234. The maximum absolute atomic E-state index is 12.1. The Morgan fingerprint density at radius 3 is 2.44 bits per heavy atom. The first-order valence-corrected chi connectivity index (χ1v) is 7.06. The van der Waals surface area contributed by atoms with Crippen LogP contribution in [-0.4, -0.2) is 29.0 Å². The Labute approximate surface area is 142 Å². The quantitative estimate of drug-likeness (QED) is 0.473. The Hall–Kier alpha value is -3.68. The molecule has 0 bridgehead atoms. The van der Waals surface area contributed by atoms with Gasteiger partial charge in [0, 0.05) is 23.3 Å². The fourth-order valence-corrected chi connectivity index (χ4v) is 2.04. The van der Waals surface area contributed by atoms with Gasteiger partial charge in [0.2, 0.25) is 0 Å². The Morgan fingerprint density at radius 2 is 1.88 bits per heavy atom. The summed E-state index contributed by atoms with van der Waals surface area (Å²) in [7, 11) is 1.35. The summed E-state index contributed by atoms with van der Waals surface area (Å²) in [6, 6.07) is 11.8. The number of carboxylic acid groups (broad SMARTS) is 1. The molecule has 0 atom stereocenters. The first kappa shape index (κ1) is 17.7. The highest BCUT2D eigenvalue weighted by Crippen LogP contribution is 2.26. The van der Waals surface area contributed by atoms with Crippen LogP contribution in [-0.2, 0) is 4.79 Å². The Bertz CT molecular complexity index is 845. The van der Waals surface area contributed by atoms with E-state index in [0.717, 1.165) is 12.1 Å². The fourth-order valence-electron chi connectivity index (χ4n) is 2.04. The zero-order valence-electron chi connectivity index (χ0n) is 13.1. The van der Waals surface area contributed by atoms with Crippen LogP contribution < -0.4 is 10.1 Å². The van der Waals surface area contributed by atoms with Crippen molar-refractivity contribution in [2.45, 2.75) is 0 Å². The second kappa shape index (κ2) is 7.73. The van der Waals surface area contributed by atoms with E-state index >= 15 is 0 Å². The van der Waals surface area contributed by atoms with E-state index in [0.29, 0.717) is 0 Å². The lowest BCUT2D eigenvalue weighted by Crippen LogP contribution is -2.27. The van der Waals surface area contributed by atoms with Gasteiger partial charge in [-0.25, -0.2) is 4.79 Å². The number of nitrogens with zero attached hydrogens (tertiary/aromatic N) is 1. The minimum absolute atomic E-state index is 0.155. The van der Waals surface area contributed by atoms with E-state index in [-0.39, 0.29) is 22.6 Å². The molecule has 0 aromatic heterocycles. The molecular weight excluding hydrogens is 328 g/mol. The van der Waals surface area contributed by atoms with Gasteiger partial charge in [-0.15, -0.1) is 0 Å². The van der Waals surface area contributed by atoms with Crippen molar-refractivity contribution < 1.29 is 24.4 Å². The van der Waals surface area contributed by atoms with Gasteiger partial charge in [-0.3, -0.25) is 14.9 Å². The van der Waals surface area contributed by atoms with Gasteiger partial charge in [0.05, 0.1) is 12.0 Å². The van der Waals surface area contributed by atoms with Crippen molar-refractivity contribution in [2.75, 3.05) is 7.11 Å². The van der Waals surface area contributed by atoms with Gasteiger partial charge in [-0.05, 0) is 24.3 Å². The fraction of sp³-hybridized carbons (Fsp3) is 0.0588.